The molecule has 1 N–H and O–H groups in total. The Bertz CT molecular complexity index is 406. The first-order valence-electron chi connectivity index (χ1n) is 6.59. The third-order valence-corrected chi connectivity index (χ3v) is 4.70. The molecule has 4 nitrogen and oxygen atoms in total. The van der Waals surface area contributed by atoms with Gasteiger partial charge in [0.1, 0.15) is 0 Å². The molecule has 1 atom stereocenters. The molecule has 0 aromatic carbocycles. The number of carbonyl (C=O) groups is 1. The molecule has 1 unspecified atom stereocenters. The van der Waals surface area contributed by atoms with Gasteiger partial charge in [0.25, 0.3) is 0 Å². The molecule has 0 aliphatic heterocycles. The molecule has 1 heterocycles. The van der Waals surface area contributed by atoms with E-state index >= 15 is 0 Å². The molecular weight excluding hydrogens is 278 g/mol. The van der Waals surface area contributed by atoms with Crippen LogP contribution in [0.2, 0.25) is 0 Å². The molecule has 0 aliphatic carbocycles. The van der Waals surface area contributed by atoms with Crippen molar-refractivity contribution in [2.24, 2.45) is 5.92 Å². The van der Waals surface area contributed by atoms with Crippen molar-refractivity contribution >= 4 is 34.1 Å². The number of rotatable bonds is 9. The number of hydrogen-bond donors (Lipinski definition) is 1. The highest BCUT2D eigenvalue weighted by Crippen LogP contribution is 2.26. The number of amides is 1. The molecule has 19 heavy (non-hydrogen) atoms. The fraction of sp³-hybridized carbons (Fsp3) is 0.615. The summed E-state index contributed by atoms with van der Waals surface area (Å²) in [5, 5.41) is 11.5. The van der Waals surface area contributed by atoms with Gasteiger partial charge in [0.2, 0.25) is 11.0 Å². The summed E-state index contributed by atoms with van der Waals surface area (Å²) in [5.41, 5.74) is 0. The van der Waals surface area contributed by atoms with Crippen molar-refractivity contribution in [3.05, 3.63) is 12.7 Å². The number of nitrogens with zero attached hydrogens (tertiary/aromatic N) is 2. The second-order valence-corrected chi connectivity index (χ2v) is 6.45. The zero-order valence-corrected chi connectivity index (χ0v) is 13.1. The Hall–Kier alpha value is -0.880. The largest absolute Gasteiger partial charge is 0.300 e. The van der Waals surface area contributed by atoms with Crippen molar-refractivity contribution in [2.75, 3.05) is 11.1 Å². The average molecular weight is 299 g/mol. The van der Waals surface area contributed by atoms with Gasteiger partial charge in [-0.15, -0.1) is 16.8 Å². The Morgan fingerprint density at radius 3 is 2.95 bits per heavy atom. The third-order valence-electron chi connectivity index (χ3n) is 2.73. The molecule has 0 aliphatic rings. The summed E-state index contributed by atoms with van der Waals surface area (Å²) < 4.78 is 0.858. The van der Waals surface area contributed by atoms with Gasteiger partial charge in [-0.1, -0.05) is 55.9 Å². The topological polar surface area (TPSA) is 54.9 Å². The molecule has 106 valence electrons. The summed E-state index contributed by atoms with van der Waals surface area (Å²) in [7, 11) is 0. The van der Waals surface area contributed by atoms with Crippen LogP contribution in [-0.2, 0) is 4.79 Å². The molecule has 1 aromatic heterocycles. The quantitative estimate of drug-likeness (QED) is 0.426. The van der Waals surface area contributed by atoms with Crippen LogP contribution in [0.5, 0.6) is 0 Å². The normalized spacial score (nSPS) is 12.1. The lowest BCUT2D eigenvalue weighted by Crippen LogP contribution is -2.22. The van der Waals surface area contributed by atoms with Gasteiger partial charge in [0.15, 0.2) is 4.34 Å². The molecule has 1 rings (SSSR count). The number of hydrogen-bond acceptors (Lipinski definition) is 5. The van der Waals surface area contributed by atoms with Crippen LogP contribution in [0.3, 0.4) is 0 Å². The van der Waals surface area contributed by atoms with E-state index in [0.717, 1.165) is 35.8 Å². The summed E-state index contributed by atoms with van der Waals surface area (Å²) in [5.74, 6) is 0.942. The molecule has 1 aromatic rings. The van der Waals surface area contributed by atoms with Crippen molar-refractivity contribution in [3.8, 4) is 0 Å². The van der Waals surface area contributed by atoms with Crippen LogP contribution in [0.15, 0.2) is 17.0 Å². The van der Waals surface area contributed by atoms with Gasteiger partial charge in [0, 0.05) is 11.7 Å². The molecule has 0 saturated heterocycles. The second kappa shape index (κ2) is 9.09. The van der Waals surface area contributed by atoms with Gasteiger partial charge < -0.3 is 5.32 Å². The Labute approximate surface area is 123 Å². The number of unbranched alkanes of at least 4 members (excludes halogenated alkanes) is 1. The van der Waals surface area contributed by atoms with Crippen LogP contribution in [0.25, 0.3) is 0 Å². The predicted octanol–water partition coefficient (Wildman–Crippen LogP) is 3.97. The Morgan fingerprint density at radius 1 is 1.53 bits per heavy atom. The van der Waals surface area contributed by atoms with Crippen LogP contribution < -0.4 is 5.32 Å². The number of thioether (sulfide) groups is 1. The van der Waals surface area contributed by atoms with E-state index in [0.29, 0.717) is 5.13 Å². The fourth-order valence-electron chi connectivity index (χ4n) is 1.63. The molecule has 0 saturated carbocycles. The Kier molecular flexibility index (Phi) is 7.74. The monoisotopic (exact) mass is 299 g/mol. The summed E-state index contributed by atoms with van der Waals surface area (Å²) >= 11 is 2.99. The molecule has 0 spiro atoms. The Balaban J connectivity index is 2.50. The fourth-order valence-corrected chi connectivity index (χ4v) is 3.14. The highest BCUT2D eigenvalue weighted by Gasteiger charge is 2.17. The number of aromatic nitrogens is 2. The van der Waals surface area contributed by atoms with Crippen molar-refractivity contribution in [3.63, 3.8) is 0 Å². The summed E-state index contributed by atoms with van der Waals surface area (Å²) in [6.07, 6.45) is 5.83. The SMILES string of the molecule is C=CCSc1nnc(NC(=O)C(CC)CCCC)s1. The zero-order chi connectivity index (χ0) is 14.1. The molecule has 0 bridgehead atoms. The molecule has 6 heteroatoms. The van der Waals surface area contributed by atoms with Gasteiger partial charge >= 0.3 is 0 Å². The average Bonchev–Trinajstić information content (AvgIpc) is 2.84. The maximum Gasteiger partial charge on any atom is 0.229 e. The number of anilines is 1. The van der Waals surface area contributed by atoms with E-state index in [1.54, 1.807) is 11.8 Å². The van der Waals surface area contributed by atoms with E-state index in [2.05, 4.69) is 29.0 Å². The maximum absolute atomic E-state index is 12.1. The van der Waals surface area contributed by atoms with Crippen LogP contribution in [-0.4, -0.2) is 21.9 Å². The van der Waals surface area contributed by atoms with Crippen LogP contribution in [0, 0.1) is 5.92 Å². The van der Waals surface area contributed by atoms with E-state index < -0.39 is 0 Å². The molecule has 0 fully saturated rings. The first-order chi connectivity index (χ1) is 9.21. The summed E-state index contributed by atoms with van der Waals surface area (Å²) in [4.78, 5) is 12.1. The maximum atomic E-state index is 12.1. The lowest BCUT2D eigenvalue weighted by atomic mass is 9.99. The summed E-state index contributed by atoms with van der Waals surface area (Å²) in [6, 6.07) is 0. The van der Waals surface area contributed by atoms with Crippen LogP contribution >= 0.6 is 23.1 Å². The van der Waals surface area contributed by atoms with E-state index in [1.807, 2.05) is 13.0 Å². The van der Waals surface area contributed by atoms with Crippen LogP contribution in [0.4, 0.5) is 5.13 Å². The van der Waals surface area contributed by atoms with Gasteiger partial charge in [-0.2, -0.15) is 0 Å². The first kappa shape index (κ1) is 16.2. The van der Waals surface area contributed by atoms with E-state index in [1.165, 1.54) is 11.3 Å². The third kappa shape index (κ3) is 5.74. The zero-order valence-electron chi connectivity index (χ0n) is 11.5. The second-order valence-electron chi connectivity index (χ2n) is 4.21. The predicted molar refractivity (Wildman–Crippen MR) is 82.8 cm³/mol. The minimum absolute atomic E-state index is 0.0624. The first-order valence-corrected chi connectivity index (χ1v) is 8.39. The molecule has 0 radical (unpaired) electrons. The smallest absolute Gasteiger partial charge is 0.229 e. The lowest BCUT2D eigenvalue weighted by molar-refractivity contribution is -0.120. The molecular formula is C13H21N3OS2. The summed E-state index contributed by atoms with van der Waals surface area (Å²) in [6.45, 7) is 7.84. The van der Waals surface area contributed by atoms with Gasteiger partial charge in [-0.25, -0.2) is 0 Å². The van der Waals surface area contributed by atoms with Crippen LogP contribution in [0.1, 0.15) is 39.5 Å². The number of carbonyl (C=O) groups excluding carboxylic acids is 1. The van der Waals surface area contributed by atoms with Crippen molar-refractivity contribution in [1.82, 2.24) is 10.2 Å². The minimum Gasteiger partial charge on any atom is -0.300 e. The van der Waals surface area contributed by atoms with Gasteiger partial charge in [-0.3, -0.25) is 4.79 Å². The van der Waals surface area contributed by atoms with E-state index in [4.69, 9.17) is 0 Å². The van der Waals surface area contributed by atoms with E-state index in [-0.39, 0.29) is 11.8 Å². The van der Waals surface area contributed by atoms with Crippen molar-refractivity contribution in [2.45, 2.75) is 43.9 Å². The minimum atomic E-state index is 0.0624. The number of nitrogens with one attached hydrogen (secondary N) is 1. The van der Waals surface area contributed by atoms with Gasteiger partial charge in [-0.05, 0) is 12.8 Å². The highest BCUT2D eigenvalue weighted by atomic mass is 32.2. The van der Waals surface area contributed by atoms with E-state index in [9.17, 15) is 4.79 Å². The van der Waals surface area contributed by atoms with Gasteiger partial charge in [0.05, 0.1) is 0 Å². The van der Waals surface area contributed by atoms with Crippen molar-refractivity contribution in [1.29, 1.82) is 0 Å². The van der Waals surface area contributed by atoms with Crippen molar-refractivity contribution < 1.29 is 4.79 Å². The standard InChI is InChI=1S/C13H21N3OS2/c1-4-7-8-10(6-3)11(17)14-12-15-16-13(19-12)18-9-5-2/h5,10H,2,4,6-9H2,1,3H3,(H,14,15,17). The Morgan fingerprint density at radius 2 is 2.32 bits per heavy atom. The lowest BCUT2D eigenvalue weighted by Gasteiger charge is -2.12. The molecule has 1 amide bonds. The highest BCUT2D eigenvalue weighted by molar-refractivity contribution is 8.01.